The van der Waals surface area contributed by atoms with E-state index >= 15 is 0 Å². The topological polar surface area (TPSA) is 140 Å². The van der Waals surface area contributed by atoms with Crippen LogP contribution in [0.15, 0.2) is 5.16 Å². The lowest BCUT2D eigenvalue weighted by Crippen LogP contribution is -2.53. The second-order valence-electron chi connectivity index (χ2n) is 4.15. The van der Waals surface area contributed by atoms with Gasteiger partial charge in [0, 0.05) is 26.2 Å². The number of carbonyl (C=O) groups excluding carboxylic acids is 2. The average molecular weight is 258 g/mol. The normalized spacial score (nSPS) is 19.2. The molecule has 0 bridgehead atoms. The van der Waals surface area contributed by atoms with E-state index in [0.29, 0.717) is 26.1 Å². The fraction of sp³-hybridized carbons (Fsp3) is 0.700. The number of oxime groups is 1. The summed E-state index contributed by atoms with van der Waals surface area (Å²) in [7, 11) is 0. The van der Waals surface area contributed by atoms with Crippen molar-refractivity contribution in [1.29, 1.82) is 0 Å². The van der Waals surface area contributed by atoms with Crippen LogP contribution in [0.3, 0.4) is 0 Å². The lowest BCUT2D eigenvalue weighted by atomic mass is 9.78. The standard InChI is InChI=1S/C10H18N4O4/c11-7(15)1-4-13-9(16)10(8(12)14-17)2-5-18-6-3-10/h17H,1-6H2,(H2,11,15)(H2,12,14)(H,13,16). The summed E-state index contributed by atoms with van der Waals surface area (Å²) in [4.78, 5) is 22.7. The van der Waals surface area contributed by atoms with Crippen molar-refractivity contribution < 1.29 is 19.5 Å². The summed E-state index contributed by atoms with van der Waals surface area (Å²) in [5.41, 5.74) is 9.52. The van der Waals surface area contributed by atoms with Crippen molar-refractivity contribution in [2.75, 3.05) is 19.8 Å². The van der Waals surface area contributed by atoms with E-state index in [1.165, 1.54) is 0 Å². The minimum absolute atomic E-state index is 0.0501. The van der Waals surface area contributed by atoms with E-state index in [1.807, 2.05) is 0 Å². The number of nitrogens with zero attached hydrogens (tertiary/aromatic N) is 1. The summed E-state index contributed by atoms with van der Waals surface area (Å²) in [5, 5.41) is 14.3. The number of ether oxygens (including phenoxy) is 1. The van der Waals surface area contributed by atoms with Crippen LogP contribution in [0.5, 0.6) is 0 Å². The summed E-state index contributed by atoms with van der Waals surface area (Å²) in [6.07, 6.45) is 0.727. The van der Waals surface area contributed by atoms with Crippen molar-refractivity contribution in [3.63, 3.8) is 0 Å². The van der Waals surface area contributed by atoms with Gasteiger partial charge in [0.15, 0.2) is 5.84 Å². The molecule has 1 aliphatic heterocycles. The van der Waals surface area contributed by atoms with Crippen LogP contribution in [0, 0.1) is 5.41 Å². The van der Waals surface area contributed by atoms with Gasteiger partial charge >= 0.3 is 0 Å². The molecule has 8 nitrogen and oxygen atoms in total. The van der Waals surface area contributed by atoms with Crippen molar-refractivity contribution in [1.82, 2.24) is 5.32 Å². The number of primary amides is 1. The van der Waals surface area contributed by atoms with Crippen molar-refractivity contribution >= 4 is 17.6 Å². The number of amidine groups is 1. The van der Waals surface area contributed by atoms with Crippen LogP contribution >= 0.6 is 0 Å². The third-order valence-corrected chi connectivity index (χ3v) is 3.04. The van der Waals surface area contributed by atoms with Gasteiger partial charge in [0.1, 0.15) is 5.41 Å². The van der Waals surface area contributed by atoms with Crippen LogP contribution in [-0.4, -0.2) is 42.6 Å². The van der Waals surface area contributed by atoms with Crippen LogP contribution in [0.1, 0.15) is 19.3 Å². The summed E-state index contributed by atoms with van der Waals surface area (Å²) in [6.45, 7) is 0.856. The third kappa shape index (κ3) is 3.10. The Balaban J connectivity index is 2.71. The van der Waals surface area contributed by atoms with E-state index < -0.39 is 11.3 Å². The number of nitrogens with one attached hydrogen (secondary N) is 1. The maximum absolute atomic E-state index is 12.1. The molecule has 2 amide bonds. The molecule has 0 saturated carbocycles. The summed E-state index contributed by atoms with van der Waals surface area (Å²) >= 11 is 0. The molecule has 0 aliphatic carbocycles. The first-order valence-electron chi connectivity index (χ1n) is 5.65. The molecular formula is C10H18N4O4. The van der Waals surface area contributed by atoms with Crippen molar-refractivity contribution in [3.05, 3.63) is 0 Å². The van der Waals surface area contributed by atoms with Crippen LogP contribution < -0.4 is 16.8 Å². The molecule has 1 heterocycles. The lowest BCUT2D eigenvalue weighted by Gasteiger charge is -2.34. The summed E-state index contributed by atoms with van der Waals surface area (Å²) in [5.74, 6) is -1.01. The Morgan fingerprint density at radius 3 is 2.44 bits per heavy atom. The first-order valence-corrected chi connectivity index (χ1v) is 5.65. The molecule has 8 heteroatoms. The molecule has 6 N–H and O–H groups in total. The molecule has 0 radical (unpaired) electrons. The van der Waals surface area contributed by atoms with Gasteiger partial charge in [0.2, 0.25) is 11.8 Å². The van der Waals surface area contributed by atoms with Gasteiger partial charge in [-0.2, -0.15) is 0 Å². The van der Waals surface area contributed by atoms with Gasteiger partial charge in [-0.25, -0.2) is 0 Å². The fourth-order valence-corrected chi connectivity index (χ4v) is 1.88. The molecule has 1 aliphatic rings. The zero-order valence-electron chi connectivity index (χ0n) is 10.0. The van der Waals surface area contributed by atoms with Crippen LogP contribution in [0.25, 0.3) is 0 Å². The predicted molar refractivity (Wildman–Crippen MR) is 62.7 cm³/mol. The van der Waals surface area contributed by atoms with Crippen LogP contribution in [-0.2, 0) is 14.3 Å². The van der Waals surface area contributed by atoms with Gasteiger partial charge in [0.05, 0.1) is 0 Å². The van der Waals surface area contributed by atoms with E-state index in [0.717, 1.165) is 0 Å². The second-order valence-corrected chi connectivity index (χ2v) is 4.15. The van der Waals surface area contributed by atoms with Crippen molar-refractivity contribution in [2.45, 2.75) is 19.3 Å². The molecular weight excluding hydrogens is 240 g/mol. The van der Waals surface area contributed by atoms with E-state index in [4.69, 9.17) is 21.4 Å². The van der Waals surface area contributed by atoms with Gasteiger partial charge in [-0.15, -0.1) is 0 Å². The number of nitrogens with two attached hydrogens (primary N) is 2. The Morgan fingerprint density at radius 2 is 1.94 bits per heavy atom. The van der Waals surface area contributed by atoms with E-state index in [2.05, 4.69) is 10.5 Å². The maximum atomic E-state index is 12.1. The Kier molecular flexibility index (Phi) is 4.90. The Labute approximate surface area is 104 Å². The molecule has 1 fully saturated rings. The summed E-state index contributed by atoms with van der Waals surface area (Å²) < 4.78 is 5.17. The molecule has 18 heavy (non-hydrogen) atoms. The number of hydrogen-bond acceptors (Lipinski definition) is 5. The SMILES string of the molecule is NC(=O)CCNC(=O)C1(C(N)=NO)CCOCC1. The predicted octanol–water partition coefficient (Wildman–Crippen LogP) is -1.48. The fourth-order valence-electron chi connectivity index (χ4n) is 1.88. The molecule has 0 spiro atoms. The highest BCUT2D eigenvalue weighted by molar-refractivity contribution is 6.06. The largest absolute Gasteiger partial charge is 0.409 e. The Hall–Kier alpha value is -1.83. The van der Waals surface area contributed by atoms with Gasteiger partial charge in [-0.05, 0) is 12.8 Å². The number of hydrogen-bond donors (Lipinski definition) is 4. The summed E-state index contributed by atoms with van der Waals surface area (Å²) in [6, 6.07) is 0. The molecule has 0 aromatic rings. The minimum Gasteiger partial charge on any atom is -0.409 e. The van der Waals surface area contributed by atoms with E-state index in [-0.39, 0.29) is 24.7 Å². The number of amides is 2. The van der Waals surface area contributed by atoms with Gasteiger partial charge in [-0.3, -0.25) is 9.59 Å². The second kappa shape index (κ2) is 6.20. The zero-order chi connectivity index (χ0) is 13.6. The monoisotopic (exact) mass is 258 g/mol. The van der Waals surface area contributed by atoms with E-state index in [9.17, 15) is 9.59 Å². The van der Waals surface area contributed by atoms with E-state index in [1.54, 1.807) is 0 Å². The number of carbonyl (C=O) groups is 2. The Bertz CT molecular complexity index is 350. The highest BCUT2D eigenvalue weighted by Gasteiger charge is 2.44. The average Bonchev–Trinajstić information content (AvgIpc) is 2.38. The molecule has 102 valence electrons. The number of rotatable bonds is 5. The zero-order valence-corrected chi connectivity index (χ0v) is 10.0. The van der Waals surface area contributed by atoms with Gasteiger partial charge in [0.25, 0.3) is 0 Å². The molecule has 1 saturated heterocycles. The van der Waals surface area contributed by atoms with Crippen molar-refractivity contribution in [3.8, 4) is 0 Å². The lowest BCUT2D eigenvalue weighted by molar-refractivity contribution is -0.131. The highest BCUT2D eigenvalue weighted by atomic mass is 16.5. The van der Waals surface area contributed by atoms with Gasteiger partial charge < -0.3 is 26.7 Å². The smallest absolute Gasteiger partial charge is 0.234 e. The van der Waals surface area contributed by atoms with Crippen LogP contribution in [0.2, 0.25) is 0 Å². The maximum Gasteiger partial charge on any atom is 0.234 e. The first kappa shape index (κ1) is 14.2. The minimum atomic E-state index is -1.06. The quantitative estimate of drug-likeness (QED) is 0.206. The van der Waals surface area contributed by atoms with Crippen molar-refractivity contribution in [2.24, 2.45) is 22.0 Å². The van der Waals surface area contributed by atoms with Crippen LogP contribution in [0.4, 0.5) is 0 Å². The molecule has 0 aromatic heterocycles. The first-order chi connectivity index (χ1) is 8.53. The van der Waals surface area contributed by atoms with Gasteiger partial charge in [-0.1, -0.05) is 5.16 Å². The molecule has 0 unspecified atom stereocenters. The molecule has 0 aromatic carbocycles. The Morgan fingerprint density at radius 1 is 1.33 bits per heavy atom. The molecule has 1 rings (SSSR count). The third-order valence-electron chi connectivity index (χ3n) is 3.04. The highest BCUT2D eigenvalue weighted by Crippen LogP contribution is 2.31. The molecule has 0 atom stereocenters.